The Morgan fingerprint density at radius 1 is 0.826 bits per heavy atom. The molecule has 2 heterocycles. The number of rotatable bonds is 15. The normalized spacial score (nSPS) is 16.5. The van der Waals surface area contributed by atoms with E-state index in [1.54, 1.807) is 12.1 Å². The molecule has 3 atom stereocenters. The van der Waals surface area contributed by atoms with Crippen LogP contribution in [0.15, 0.2) is 24.3 Å². The predicted molar refractivity (Wildman–Crippen MR) is 166 cm³/mol. The first-order valence-corrected chi connectivity index (χ1v) is 16.0. The van der Waals surface area contributed by atoms with Crippen LogP contribution in [-0.2, 0) is 9.59 Å². The number of Topliss-reactive ketones (excluding diaryl/α,β-unsaturated/α-hetero) is 2. The summed E-state index contributed by atoms with van der Waals surface area (Å²) in [5.74, 6) is -6.65. The van der Waals surface area contributed by atoms with Crippen LogP contribution in [0.3, 0.4) is 0 Å². The highest BCUT2D eigenvalue weighted by Crippen LogP contribution is 2.44. The maximum absolute atomic E-state index is 15.5. The lowest BCUT2D eigenvalue weighted by atomic mass is 9.71. The van der Waals surface area contributed by atoms with Crippen molar-refractivity contribution in [2.75, 3.05) is 27.4 Å². The van der Waals surface area contributed by atoms with Gasteiger partial charge in [0.15, 0.2) is 46.2 Å². The number of hydrogen-bond donors (Lipinski definition) is 2. The lowest BCUT2D eigenvalue weighted by Crippen LogP contribution is -2.37. The van der Waals surface area contributed by atoms with E-state index in [1.807, 2.05) is 0 Å². The number of carboxylic acids is 2. The van der Waals surface area contributed by atoms with Crippen LogP contribution in [0.1, 0.15) is 52.0 Å². The predicted octanol–water partition coefficient (Wildman–Crippen LogP) is 6.85. The SMILES string of the molecule is COc1cc2sc(C(=O)C[C@H](C)C(=O)O)cc2c(F)c1OCCCOc1cc2sc(C(=O)[C@@H]3CC[C@H]3C(=O)O)cc2c(F)c1OC. The van der Waals surface area contributed by atoms with E-state index < -0.39 is 47.1 Å². The number of ketones is 2. The highest BCUT2D eigenvalue weighted by Gasteiger charge is 2.42. The average molecular weight is 677 g/mol. The first-order valence-electron chi connectivity index (χ1n) is 14.3. The molecule has 244 valence electrons. The Balaban J connectivity index is 1.25. The number of thiophene rings is 2. The summed E-state index contributed by atoms with van der Waals surface area (Å²) in [6.45, 7) is 1.45. The van der Waals surface area contributed by atoms with Crippen molar-refractivity contribution in [1.29, 1.82) is 0 Å². The molecule has 1 aliphatic rings. The summed E-state index contributed by atoms with van der Waals surface area (Å²) in [6, 6.07) is 5.88. The van der Waals surface area contributed by atoms with Gasteiger partial charge in [-0.25, -0.2) is 8.78 Å². The molecule has 5 rings (SSSR count). The zero-order chi connectivity index (χ0) is 33.3. The molecule has 2 aromatic heterocycles. The highest BCUT2D eigenvalue weighted by atomic mass is 32.1. The van der Waals surface area contributed by atoms with E-state index in [-0.39, 0.29) is 75.4 Å². The van der Waals surface area contributed by atoms with Crippen LogP contribution in [0.4, 0.5) is 8.78 Å². The number of carbonyl (C=O) groups excluding carboxylic acids is 2. The van der Waals surface area contributed by atoms with Crippen molar-refractivity contribution in [2.24, 2.45) is 17.8 Å². The van der Waals surface area contributed by atoms with Crippen LogP contribution < -0.4 is 18.9 Å². The van der Waals surface area contributed by atoms with Gasteiger partial charge in [0, 0.05) is 51.1 Å². The number of carbonyl (C=O) groups is 4. The number of methoxy groups -OCH3 is 2. The zero-order valence-corrected chi connectivity index (χ0v) is 26.6. The van der Waals surface area contributed by atoms with Crippen molar-refractivity contribution < 1.29 is 57.1 Å². The Hall–Kier alpha value is -4.30. The fraction of sp³-hybridized carbons (Fsp3) is 0.375. The number of carboxylic acid groups (broad SMARTS) is 2. The van der Waals surface area contributed by atoms with E-state index in [9.17, 15) is 24.3 Å². The Morgan fingerprint density at radius 2 is 1.41 bits per heavy atom. The summed E-state index contributed by atoms with van der Waals surface area (Å²) >= 11 is 2.09. The largest absolute Gasteiger partial charge is 0.493 e. The van der Waals surface area contributed by atoms with Gasteiger partial charge in [-0.1, -0.05) is 6.92 Å². The van der Waals surface area contributed by atoms with Crippen LogP contribution in [0, 0.1) is 29.4 Å². The highest BCUT2D eigenvalue weighted by molar-refractivity contribution is 7.21. The van der Waals surface area contributed by atoms with Crippen molar-refractivity contribution in [3.63, 3.8) is 0 Å². The third-order valence-electron chi connectivity index (χ3n) is 7.94. The van der Waals surface area contributed by atoms with Crippen LogP contribution in [0.2, 0.25) is 0 Å². The van der Waals surface area contributed by atoms with Gasteiger partial charge in [-0.3, -0.25) is 19.2 Å². The molecule has 0 unspecified atom stereocenters. The Morgan fingerprint density at radius 3 is 2.00 bits per heavy atom. The number of fused-ring (bicyclic) bond motifs is 2. The maximum atomic E-state index is 15.5. The molecule has 0 aliphatic heterocycles. The van der Waals surface area contributed by atoms with Gasteiger partial charge in [0.25, 0.3) is 0 Å². The molecule has 4 aromatic rings. The fourth-order valence-electron chi connectivity index (χ4n) is 5.21. The molecule has 1 fully saturated rings. The molecular formula is C32H30F2O10S2. The number of hydrogen-bond acceptors (Lipinski definition) is 10. The van der Waals surface area contributed by atoms with E-state index in [4.69, 9.17) is 24.1 Å². The monoisotopic (exact) mass is 676 g/mol. The molecule has 2 aromatic carbocycles. The molecular weight excluding hydrogens is 646 g/mol. The third kappa shape index (κ3) is 6.36. The first-order chi connectivity index (χ1) is 21.9. The topological polar surface area (TPSA) is 146 Å². The minimum Gasteiger partial charge on any atom is -0.493 e. The summed E-state index contributed by atoms with van der Waals surface area (Å²) < 4.78 is 53.8. The number of aliphatic carboxylic acids is 2. The lowest BCUT2D eigenvalue weighted by molar-refractivity contribution is -0.146. The molecule has 0 saturated heterocycles. The van der Waals surface area contributed by atoms with Gasteiger partial charge in [-0.2, -0.15) is 0 Å². The second-order valence-electron chi connectivity index (χ2n) is 10.9. The van der Waals surface area contributed by atoms with E-state index in [0.29, 0.717) is 22.2 Å². The zero-order valence-electron chi connectivity index (χ0n) is 25.0. The van der Waals surface area contributed by atoms with E-state index in [1.165, 1.54) is 33.3 Å². The molecule has 0 radical (unpaired) electrons. The maximum Gasteiger partial charge on any atom is 0.307 e. The smallest absolute Gasteiger partial charge is 0.307 e. The van der Waals surface area contributed by atoms with Crippen molar-refractivity contribution in [3.8, 4) is 23.0 Å². The Bertz CT molecular complexity index is 1850. The Kier molecular flexibility index (Phi) is 9.77. The van der Waals surface area contributed by atoms with E-state index in [2.05, 4.69) is 0 Å². The number of benzene rings is 2. The first kappa shape index (κ1) is 33.1. The van der Waals surface area contributed by atoms with Gasteiger partial charge in [-0.15, -0.1) is 22.7 Å². The van der Waals surface area contributed by atoms with Crippen LogP contribution in [0.25, 0.3) is 20.2 Å². The fourth-order valence-corrected chi connectivity index (χ4v) is 7.34. The van der Waals surface area contributed by atoms with Crippen molar-refractivity contribution in [1.82, 2.24) is 0 Å². The van der Waals surface area contributed by atoms with Crippen molar-refractivity contribution >= 4 is 66.4 Å². The summed E-state index contributed by atoms with van der Waals surface area (Å²) in [5.41, 5.74) is 0. The minimum atomic E-state index is -1.10. The molecule has 0 amide bonds. The van der Waals surface area contributed by atoms with E-state index >= 15 is 8.78 Å². The van der Waals surface area contributed by atoms with Gasteiger partial charge in [0.1, 0.15) is 0 Å². The second kappa shape index (κ2) is 13.6. The second-order valence-corrected chi connectivity index (χ2v) is 13.1. The van der Waals surface area contributed by atoms with Crippen LogP contribution in [0.5, 0.6) is 23.0 Å². The molecule has 14 heteroatoms. The summed E-state index contributed by atoms with van der Waals surface area (Å²) in [5, 5.41) is 18.7. The lowest BCUT2D eigenvalue weighted by Gasteiger charge is -2.31. The van der Waals surface area contributed by atoms with Gasteiger partial charge in [-0.05, 0) is 25.0 Å². The molecule has 1 saturated carbocycles. The molecule has 0 spiro atoms. The van der Waals surface area contributed by atoms with Gasteiger partial charge >= 0.3 is 11.9 Å². The number of ether oxygens (including phenoxy) is 4. The van der Waals surface area contributed by atoms with Crippen molar-refractivity contribution in [2.45, 2.75) is 32.6 Å². The summed E-state index contributed by atoms with van der Waals surface area (Å²) in [6.07, 6.45) is 0.930. The van der Waals surface area contributed by atoms with Crippen molar-refractivity contribution in [3.05, 3.63) is 45.7 Å². The van der Waals surface area contributed by atoms with Gasteiger partial charge < -0.3 is 29.2 Å². The molecule has 10 nitrogen and oxygen atoms in total. The summed E-state index contributed by atoms with van der Waals surface area (Å²) in [7, 11) is 2.63. The van der Waals surface area contributed by atoms with Gasteiger partial charge in [0.2, 0.25) is 0 Å². The van der Waals surface area contributed by atoms with Crippen LogP contribution >= 0.6 is 22.7 Å². The Labute approximate surface area is 269 Å². The quantitative estimate of drug-likeness (QED) is 0.101. The van der Waals surface area contributed by atoms with Gasteiger partial charge in [0.05, 0.1) is 49.0 Å². The minimum absolute atomic E-state index is 0.0122. The van der Waals surface area contributed by atoms with Crippen LogP contribution in [-0.4, -0.2) is 61.2 Å². The van der Waals surface area contributed by atoms with E-state index in [0.717, 1.165) is 22.7 Å². The number of halogens is 2. The summed E-state index contributed by atoms with van der Waals surface area (Å²) in [4.78, 5) is 48.5. The molecule has 2 N–H and O–H groups in total. The standard InChI is InChI=1S/C32H30F2O10S2/c1-14(31(37)38)9-19(35)24-10-17-22(45-24)12-20(41-2)30(27(17)34)44-8-4-7-43-21-13-23-18(26(33)29(21)42-3)11-25(46-23)28(36)15-5-6-16(15)32(39)40/h10-16H,4-9H2,1-3H3,(H,37,38)(H,39,40)/t14-,15+,16+/m0/s1. The third-order valence-corrected chi connectivity index (χ3v) is 10.2. The molecule has 46 heavy (non-hydrogen) atoms. The molecule has 1 aliphatic carbocycles. The average Bonchev–Trinajstić information content (AvgIpc) is 3.62. The molecule has 0 bridgehead atoms.